The van der Waals surface area contributed by atoms with Crippen molar-refractivity contribution in [1.29, 1.82) is 0 Å². The first-order chi connectivity index (χ1) is 11.9. The Hall–Kier alpha value is -3.00. The van der Waals surface area contributed by atoms with Crippen LogP contribution in [0.1, 0.15) is 28.9 Å². The van der Waals surface area contributed by atoms with Gasteiger partial charge in [0.25, 0.3) is 0 Å². The number of carboxylic acid groups (broad SMARTS) is 1. The highest BCUT2D eigenvalue weighted by molar-refractivity contribution is 6.29. The number of nitrogens with one attached hydrogen (secondary N) is 1. The summed E-state index contributed by atoms with van der Waals surface area (Å²) in [6.07, 6.45) is 2.54. The molecule has 1 unspecified atom stereocenters. The molecule has 2 N–H and O–H groups in total. The summed E-state index contributed by atoms with van der Waals surface area (Å²) in [7, 11) is 0. The van der Waals surface area contributed by atoms with Crippen molar-refractivity contribution < 1.29 is 14.3 Å². The summed E-state index contributed by atoms with van der Waals surface area (Å²) >= 11 is 6.02. The molecule has 0 aliphatic carbocycles. The number of hydrogen-bond acceptors (Lipinski definition) is 5. The van der Waals surface area contributed by atoms with Crippen LogP contribution in [-0.4, -0.2) is 30.8 Å². The molecule has 0 spiro atoms. The molecule has 1 atom stereocenters. The van der Waals surface area contributed by atoms with E-state index in [4.69, 9.17) is 16.7 Å². The molecule has 2 heterocycles. The second-order valence-electron chi connectivity index (χ2n) is 5.27. The van der Waals surface area contributed by atoms with Crippen LogP contribution in [0.15, 0.2) is 42.7 Å². The predicted octanol–water partition coefficient (Wildman–Crippen LogP) is 3.33. The van der Waals surface area contributed by atoms with Gasteiger partial charge in [-0.3, -0.25) is 0 Å². The average Bonchev–Trinajstić information content (AvgIpc) is 3.05. The van der Waals surface area contributed by atoms with Gasteiger partial charge in [0.1, 0.15) is 11.0 Å². The Balaban J connectivity index is 1.85. The summed E-state index contributed by atoms with van der Waals surface area (Å²) in [5.41, 5.74) is 0.878. The van der Waals surface area contributed by atoms with Crippen LogP contribution in [-0.2, 0) is 0 Å². The van der Waals surface area contributed by atoms with Crippen LogP contribution < -0.4 is 5.32 Å². The second kappa shape index (κ2) is 6.86. The summed E-state index contributed by atoms with van der Waals surface area (Å²) in [5, 5.41) is 16.2. The molecule has 0 amide bonds. The van der Waals surface area contributed by atoms with E-state index in [2.05, 4.69) is 20.4 Å². The van der Waals surface area contributed by atoms with Gasteiger partial charge >= 0.3 is 5.97 Å². The summed E-state index contributed by atoms with van der Waals surface area (Å²) in [6, 6.07) is 7.33. The largest absolute Gasteiger partial charge is 0.478 e. The molecular weight excluding hydrogens is 349 g/mol. The second-order valence-corrected chi connectivity index (χ2v) is 5.66. The van der Waals surface area contributed by atoms with Crippen LogP contribution in [0.25, 0.3) is 5.82 Å². The average molecular weight is 362 g/mol. The Kier molecular flexibility index (Phi) is 4.62. The molecule has 0 radical (unpaired) electrons. The SMILES string of the molecule is CC(Nc1nc(Cl)cc(-n2cc(C(=O)O)cn2)n1)c1ccc(F)cc1. The fourth-order valence-corrected chi connectivity index (χ4v) is 2.35. The number of carbonyl (C=O) groups is 1. The highest BCUT2D eigenvalue weighted by Gasteiger charge is 2.12. The number of nitrogens with zero attached hydrogens (tertiary/aromatic N) is 4. The number of carboxylic acids is 1. The van der Waals surface area contributed by atoms with Gasteiger partial charge in [-0.15, -0.1) is 0 Å². The number of benzene rings is 1. The zero-order valence-electron chi connectivity index (χ0n) is 13.0. The lowest BCUT2D eigenvalue weighted by molar-refractivity contribution is 0.0697. The summed E-state index contributed by atoms with van der Waals surface area (Å²) < 4.78 is 14.3. The molecule has 9 heteroatoms. The van der Waals surface area contributed by atoms with E-state index in [0.29, 0.717) is 5.82 Å². The third kappa shape index (κ3) is 3.92. The van der Waals surface area contributed by atoms with Gasteiger partial charge in [0.2, 0.25) is 5.95 Å². The first-order valence-electron chi connectivity index (χ1n) is 7.27. The van der Waals surface area contributed by atoms with Crippen molar-refractivity contribution in [2.75, 3.05) is 5.32 Å². The molecule has 25 heavy (non-hydrogen) atoms. The van der Waals surface area contributed by atoms with E-state index >= 15 is 0 Å². The Morgan fingerprint density at radius 2 is 2.04 bits per heavy atom. The van der Waals surface area contributed by atoms with Crippen LogP contribution in [0.3, 0.4) is 0 Å². The first kappa shape index (κ1) is 16.8. The van der Waals surface area contributed by atoms with Crippen molar-refractivity contribution in [3.63, 3.8) is 0 Å². The maximum Gasteiger partial charge on any atom is 0.338 e. The molecule has 3 rings (SSSR count). The zero-order valence-corrected chi connectivity index (χ0v) is 13.8. The van der Waals surface area contributed by atoms with Gasteiger partial charge < -0.3 is 10.4 Å². The van der Waals surface area contributed by atoms with E-state index in [0.717, 1.165) is 5.56 Å². The molecule has 0 aliphatic rings. The molecule has 0 aliphatic heterocycles. The highest BCUT2D eigenvalue weighted by atomic mass is 35.5. The number of aromatic carboxylic acids is 1. The molecule has 128 valence electrons. The van der Waals surface area contributed by atoms with E-state index in [9.17, 15) is 9.18 Å². The maximum absolute atomic E-state index is 13.0. The number of rotatable bonds is 5. The molecule has 0 fully saturated rings. The maximum atomic E-state index is 13.0. The first-order valence-corrected chi connectivity index (χ1v) is 7.65. The molecule has 7 nitrogen and oxygen atoms in total. The van der Waals surface area contributed by atoms with Gasteiger partial charge in [0.05, 0.1) is 17.8 Å². The fourth-order valence-electron chi connectivity index (χ4n) is 2.17. The van der Waals surface area contributed by atoms with Crippen molar-refractivity contribution in [2.24, 2.45) is 0 Å². The van der Waals surface area contributed by atoms with Gasteiger partial charge in [-0.2, -0.15) is 10.1 Å². The molecule has 3 aromatic rings. The standard InChI is InChI=1S/C16H13ClFN5O2/c1-9(10-2-4-12(18)5-3-10)20-16-21-13(17)6-14(22-16)23-8-11(7-19-23)15(24)25/h2-9H,1H3,(H,24,25)(H,20,21,22). The highest BCUT2D eigenvalue weighted by Crippen LogP contribution is 2.20. The van der Waals surface area contributed by atoms with E-state index < -0.39 is 5.97 Å². The monoisotopic (exact) mass is 361 g/mol. The van der Waals surface area contributed by atoms with Gasteiger partial charge in [-0.05, 0) is 24.6 Å². The van der Waals surface area contributed by atoms with Crippen molar-refractivity contribution >= 4 is 23.5 Å². The molecule has 2 aromatic heterocycles. The fraction of sp³-hybridized carbons (Fsp3) is 0.125. The Bertz CT molecular complexity index is 913. The number of hydrogen-bond donors (Lipinski definition) is 2. The molecule has 1 aromatic carbocycles. The van der Waals surface area contributed by atoms with Crippen LogP contribution in [0.5, 0.6) is 0 Å². The van der Waals surface area contributed by atoms with Crippen molar-refractivity contribution in [1.82, 2.24) is 19.7 Å². The minimum atomic E-state index is -1.09. The van der Waals surface area contributed by atoms with E-state index in [-0.39, 0.29) is 28.5 Å². The summed E-state index contributed by atoms with van der Waals surface area (Å²) in [5.74, 6) is -0.840. The third-order valence-corrected chi connectivity index (χ3v) is 3.65. The summed E-state index contributed by atoms with van der Waals surface area (Å²) in [4.78, 5) is 19.3. The van der Waals surface area contributed by atoms with E-state index in [1.807, 2.05) is 6.92 Å². The predicted molar refractivity (Wildman–Crippen MR) is 89.6 cm³/mol. The third-order valence-electron chi connectivity index (χ3n) is 3.46. The smallest absolute Gasteiger partial charge is 0.338 e. The van der Waals surface area contributed by atoms with E-state index in [1.165, 1.54) is 35.3 Å². The van der Waals surface area contributed by atoms with Crippen molar-refractivity contribution in [2.45, 2.75) is 13.0 Å². The number of halogens is 2. The van der Waals surface area contributed by atoms with Gasteiger partial charge in [-0.1, -0.05) is 23.7 Å². The van der Waals surface area contributed by atoms with Crippen LogP contribution in [0.2, 0.25) is 5.15 Å². The zero-order chi connectivity index (χ0) is 18.0. The topological polar surface area (TPSA) is 92.9 Å². The molecule has 0 saturated carbocycles. The van der Waals surface area contributed by atoms with Crippen LogP contribution in [0.4, 0.5) is 10.3 Å². The Morgan fingerprint density at radius 1 is 1.32 bits per heavy atom. The lowest BCUT2D eigenvalue weighted by atomic mass is 10.1. The van der Waals surface area contributed by atoms with Crippen LogP contribution >= 0.6 is 11.6 Å². The van der Waals surface area contributed by atoms with E-state index in [1.54, 1.807) is 12.1 Å². The van der Waals surface area contributed by atoms with Crippen molar-refractivity contribution in [3.05, 3.63) is 64.8 Å². The quantitative estimate of drug-likeness (QED) is 0.677. The lowest BCUT2D eigenvalue weighted by Crippen LogP contribution is -2.11. The minimum absolute atomic E-state index is 0.0314. The van der Waals surface area contributed by atoms with Gasteiger partial charge in [0.15, 0.2) is 5.82 Å². The van der Waals surface area contributed by atoms with Crippen LogP contribution in [0, 0.1) is 5.82 Å². The Labute approximate surface area is 147 Å². The van der Waals surface area contributed by atoms with Gasteiger partial charge in [0, 0.05) is 12.3 Å². The van der Waals surface area contributed by atoms with Crippen molar-refractivity contribution in [3.8, 4) is 5.82 Å². The Morgan fingerprint density at radius 3 is 2.68 bits per heavy atom. The summed E-state index contributed by atoms with van der Waals surface area (Å²) in [6.45, 7) is 1.87. The lowest BCUT2D eigenvalue weighted by Gasteiger charge is -2.15. The minimum Gasteiger partial charge on any atom is -0.478 e. The number of anilines is 1. The molecule has 0 bridgehead atoms. The normalized spacial score (nSPS) is 12.0. The van der Waals surface area contributed by atoms with Gasteiger partial charge in [-0.25, -0.2) is 18.9 Å². The molecular formula is C16H13ClFN5O2. The number of aromatic nitrogens is 4. The molecule has 0 saturated heterocycles.